The lowest BCUT2D eigenvalue weighted by atomic mass is 10.2. The van der Waals surface area contributed by atoms with Gasteiger partial charge in [0.15, 0.2) is 17.6 Å². The molecule has 1 aromatic heterocycles. The number of fused-ring (bicyclic) bond motifs is 2. The first kappa shape index (κ1) is 10.9. The fourth-order valence-corrected chi connectivity index (χ4v) is 3.40. The quantitative estimate of drug-likeness (QED) is 0.650. The van der Waals surface area contributed by atoms with Crippen LogP contribution in [0.15, 0.2) is 54.6 Å². The minimum absolute atomic E-state index is 0.00713. The summed E-state index contributed by atoms with van der Waals surface area (Å²) in [7, 11) is 0. The summed E-state index contributed by atoms with van der Waals surface area (Å²) in [5.74, 6) is 1.66. The number of hydrogen-bond acceptors (Lipinski definition) is 3. The molecule has 4 rings (SSSR count). The Labute approximate surface area is 115 Å². The van der Waals surface area contributed by atoms with E-state index in [1.54, 1.807) is 11.3 Å². The zero-order valence-electron chi connectivity index (χ0n) is 10.2. The summed E-state index contributed by atoms with van der Waals surface area (Å²) in [6.45, 7) is 0.573. The van der Waals surface area contributed by atoms with Crippen LogP contribution in [0.1, 0.15) is 11.0 Å². The van der Waals surface area contributed by atoms with Crippen molar-refractivity contribution in [1.29, 1.82) is 0 Å². The largest absolute Gasteiger partial charge is 0.485 e. The molecule has 1 aliphatic rings. The van der Waals surface area contributed by atoms with Crippen molar-refractivity contribution in [3.05, 3.63) is 59.5 Å². The lowest BCUT2D eigenvalue weighted by molar-refractivity contribution is 0.0938. The number of thiophene rings is 1. The predicted octanol–water partition coefficient (Wildman–Crippen LogP) is 4.41. The Hall–Kier alpha value is -2.00. The van der Waals surface area contributed by atoms with Gasteiger partial charge in [-0.05, 0) is 29.7 Å². The lowest BCUT2D eigenvalue weighted by Crippen LogP contribution is -2.20. The second kappa shape index (κ2) is 4.28. The van der Waals surface area contributed by atoms with Gasteiger partial charge >= 0.3 is 0 Å². The van der Waals surface area contributed by atoms with Crippen molar-refractivity contribution in [1.82, 2.24) is 0 Å². The van der Waals surface area contributed by atoms with Gasteiger partial charge in [0.05, 0.1) is 0 Å². The Morgan fingerprint density at radius 1 is 0.947 bits per heavy atom. The molecule has 0 fully saturated rings. The number of rotatable bonds is 1. The van der Waals surface area contributed by atoms with Crippen molar-refractivity contribution in [2.75, 3.05) is 6.61 Å². The lowest BCUT2D eigenvalue weighted by Gasteiger charge is -2.25. The fraction of sp³-hybridized carbons (Fsp3) is 0.125. The summed E-state index contributed by atoms with van der Waals surface area (Å²) < 4.78 is 13.1. The molecule has 94 valence electrons. The zero-order valence-corrected chi connectivity index (χ0v) is 11.0. The molecule has 2 aromatic carbocycles. The predicted molar refractivity (Wildman–Crippen MR) is 77.1 cm³/mol. The second-order valence-corrected chi connectivity index (χ2v) is 5.67. The average molecular weight is 268 g/mol. The van der Waals surface area contributed by atoms with Crippen LogP contribution >= 0.6 is 11.3 Å². The van der Waals surface area contributed by atoms with E-state index in [1.165, 1.54) is 15.0 Å². The number of ether oxygens (including phenoxy) is 2. The van der Waals surface area contributed by atoms with E-state index in [2.05, 4.69) is 30.3 Å². The third kappa shape index (κ3) is 1.87. The molecule has 0 saturated carbocycles. The third-order valence-electron chi connectivity index (χ3n) is 3.27. The molecule has 0 spiro atoms. The van der Waals surface area contributed by atoms with Gasteiger partial charge in [0.2, 0.25) is 0 Å². The smallest absolute Gasteiger partial charge is 0.167 e. The van der Waals surface area contributed by atoms with Crippen LogP contribution in [0.2, 0.25) is 0 Å². The molecule has 2 heterocycles. The van der Waals surface area contributed by atoms with E-state index < -0.39 is 0 Å². The first-order valence-corrected chi connectivity index (χ1v) is 7.09. The summed E-state index contributed by atoms with van der Waals surface area (Å²) in [6, 6.07) is 18.4. The Bertz CT molecular complexity index is 699. The molecule has 0 bridgehead atoms. The van der Waals surface area contributed by atoms with Gasteiger partial charge in [-0.2, -0.15) is 0 Å². The highest BCUT2D eigenvalue weighted by atomic mass is 32.1. The van der Waals surface area contributed by atoms with Gasteiger partial charge in [0, 0.05) is 9.58 Å². The maximum atomic E-state index is 6.03. The van der Waals surface area contributed by atoms with Gasteiger partial charge < -0.3 is 9.47 Å². The summed E-state index contributed by atoms with van der Waals surface area (Å²) in [4.78, 5) is 1.22. The zero-order chi connectivity index (χ0) is 12.7. The molecular weight excluding hydrogens is 256 g/mol. The first-order chi connectivity index (χ1) is 9.40. The van der Waals surface area contributed by atoms with Gasteiger partial charge in [-0.15, -0.1) is 11.3 Å². The van der Waals surface area contributed by atoms with E-state index in [9.17, 15) is 0 Å². The molecule has 0 radical (unpaired) electrons. The van der Waals surface area contributed by atoms with Gasteiger partial charge in [-0.1, -0.05) is 30.3 Å². The Kier molecular flexibility index (Phi) is 2.45. The van der Waals surface area contributed by atoms with Crippen LogP contribution in [-0.2, 0) is 0 Å². The molecule has 1 atom stereocenters. The van der Waals surface area contributed by atoms with Crippen LogP contribution in [0.3, 0.4) is 0 Å². The molecule has 1 unspecified atom stereocenters. The maximum absolute atomic E-state index is 6.03. The van der Waals surface area contributed by atoms with Crippen molar-refractivity contribution >= 4 is 21.4 Å². The van der Waals surface area contributed by atoms with E-state index in [1.807, 2.05) is 24.3 Å². The highest BCUT2D eigenvalue weighted by Gasteiger charge is 2.23. The van der Waals surface area contributed by atoms with Gasteiger partial charge in [0.25, 0.3) is 0 Å². The highest BCUT2D eigenvalue weighted by molar-refractivity contribution is 7.19. The van der Waals surface area contributed by atoms with Crippen LogP contribution in [0.25, 0.3) is 10.1 Å². The van der Waals surface area contributed by atoms with Crippen LogP contribution < -0.4 is 9.47 Å². The Balaban J connectivity index is 1.70. The van der Waals surface area contributed by atoms with Crippen LogP contribution in [0.5, 0.6) is 11.5 Å². The van der Waals surface area contributed by atoms with Crippen molar-refractivity contribution < 1.29 is 9.47 Å². The molecule has 3 heteroatoms. The summed E-state index contributed by atoms with van der Waals surface area (Å²) in [5, 5.41) is 1.27. The number of benzene rings is 2. The van der Waals surface area contributed by atoms with Crippen LogP contribution in [0, 0.1) is 0 Å². The molecule has 0 N–H and O–H groups in total. The number of para-hydroxylation sites is 2. The van der Waals surface area contributed by atoms with Gasteiger partial charge in [0.1, 0.15) is 6.61 Å². The minimum Gasteiger partial charge on any atom is -0.485 e. The number of hydrogen-bond donors (Lipinski definition) is 0. The highest BCUT2D eigenvalue weighted by Crippen LogP contribution is 2.39. The van der Waals surface area contributed by atoms with E-state index in [4.69, 9.17) is 9.47 Å². The molecular formula is C16H12O2S. The third-order valence-corrected chi connectivity index (χ3v) is 4.48. The van der Waals surface area contributed by atoms with Crippen LogP contribution in [0.4, 0.5) is 0 Å². The second-order valence-electron chi connectivity index (χ2n) is 4.55. The molecule has 2 nitrogen and oxygen atoms in total. The summed E-state index contributed by atoms with van der Waals surface area (Å²) in [6.07, 6.45) is -0.00713. The molecule has 0 saturated heterocycles. The van der Waals surface area contributed by atoms with Crippen LogP contribution in [-0.4, -0.2) is 6.61 Å². The molecule has 1 aliphatic heterocycles. The maximum Gasteiger partial charge on any atom is 0.167 e. The molecule has 0 amide bonds. The van der Waals surface area contributed by atoms with Crippen molar-refractivity contribution in [3.8, 4) is 11.5 Å². The average Bonchev–Trinajstić information content (AvgIpc) is 2.90. The van der Waals surface area contributed by atoms with Gasteiger partial charge in [-0.25, -0.2) is 0 Å². The van der Waals surface area contributed by atoms with Crippen molar-refractivity contribution in [3.63, 3.8) is 0 Å². The van der Waals surface area contributed by atoms with E-state index in [-0.39, 0.29) is 6.10 Å². The topological polar surface area (TPSA) is 18.5 Å². The molecule has 0 aliphatic carbocycles. The first-order valence-electron chi connectivity index (χ1n) is 6.27. The summed E-state index contributed by atoms with van der Waals surface area (Å²) in [5.41, 5.74) is 0. The summed E-state index contributed by atoms with van der Waals surface area (Å²) >= 11 is 1.77. The minimum atomic E-state index is -0.00713. The Morgan fingerprint density at radius 2 is 1.74 bits per heavy atom. The van der Waals surface area contributed by atoms with Crippen molar-refractivity contribution in [2.24, 2.45) is 0 Å². The SMILES string of the molecule is c1ccc2c(c1)OCC(c1cc3ccccc3s1)O2. The van der Waals surface area contributed by atoms with E-state index in [0.717, 1.165) is 11.5 Å². The Morgan fingerprint density at radius 3 is 2.63 bits per heavy atom. The monoisotopic (exact) mass is 268 g/mol. The fourth-order valence-electron chi connectivity index (χ4n) is 2.32. The van der Waals surface area contributed by atoms with E-state index >= 15 is 0 Å². The van der Waals surface area contributed by atoms with E-state index in [0.29, 0.717) is 6.61 Å². The normalized spacial score (nSPS) is 17.6. The standard InChI is InChI=1S/C16H12O2S/c1-4-8-15-11(5-1)9-16(19-15)14-10-17-12-6-2-3-7-13(12)18-14/h1-9,14H,10H2. The van der Waals surface area contributed by atoms with Gasteiger partial charge in [-0.3, -0.25) is 0 Å². The molecule has 3 aromatic rings. The molecule has 19 heavy (non-hydrogen) atoms. The van der Waals surface area contributed by atoms with Crippen molar-refractivity contribution in [2.45, 2.75) is 6.10 Å².